The predicted octanol–water partition coefficient (Wildman–Crippen LogP) is 4.59. The molecule has 1 unspecified atom stereocenters. The van der Waals surface area contributed by atoms with Crippen LogP contribution in [-0.2, 0) is 9.59 Å². The highest BCUT2D eigenvalue weighted by molar-refractivity contribution is 5.96. The van der Waals surface area contributed by atoms with Gasteiger partial charge in [0, 0.05) is 18.8 Å². The van der Waals surface area contributed by atoms with Gasteiger partial charge in [-0.3, -0.25) is 14.5 Å². The van der Waals surface area contributed by atoms with Gasteiger partial charge in [0.15, 0.2) is 0 Å². The van der Waals surface area contributed by atoms with Crippen LogP contribution in [0.3, 0.4) is 0 Å². The predicted molar refractivity (Wildman–Crippen MR) is 120 cm³/mol. The molecule has 1 aliphatic carbocycles. The van der Waals surface area contributed by atoms with E-state index in [0.29, 0.717) is 19.5 Å². The lowest BCUT2D eigenvalue weighted by atomic mass is 9.81. The number of carboxylic acid groups (broad SMARTS) is 1. The zero-order valence-corrected chi connectivity index (χ0v) is 18.2. The minimum atomic E-state index is -0.718. The molecule has 1 heterocycles. The van der Waals surface area contributed by atoms with Gasteiger partial charge in [-0.2, -0.15) is 0 Å². The number of carbonyl (C=O) groups excluding carboxylic acids is 1. The molecular weight excluding hydrogens is 400 g/mol. The quantitative estimate of drug-likeness (QED) is 0.730. The van der Waals surface area contributed by atoms with Crippen molar-refractivity contribution in [3.05, 3.63) is 65.2 Å². The highest BCUT2D eigenvalue weighted by atomic mass is 35.5. The third-order valence-electron chi connectivity index (χ3n) is 6.70. The molecule has 1 saturated carbocycles. The molecule has 1 saturated heterocycles. The Balaban J connectivity index is 0.00000256. The number of aliphatic carboxylic acids is 1. The Morgan fingerprint density at radius 2 is 1.90 bits per heavy atom. The molecule has 2 aliphatic rings. The van der Waals surface area contributed by atoms with Gasteiger partial charge in [-0.25, -0.2) is 0 Å². The summed E-state index contributed by atoms with van der Waals surface area (Å²) in [5.41, 5.74) is 3.09. The van der Waals surface area contributed by atoms with Gasteiger partial charge in [0.1, 0.15) is 6.04 Å². The van der Waals surface area contributed by atoms with E-state index < -0.39 is 17.4 Å². The average molecular weight is 429 g/mol. The molecule has 5 nitrogen and oxygen atoms in total. The van der Waals surface area contributed by atoms with E-state index in [9.17, 15) is 14.7 Å². The molecule has 2 N–H and O–H groups in total. The molecular formula is C24H29ClN2O3. The zero-order chi connectivity index (χ0) is 20.6. The van der Waals surface area contributed by atoms with Crippen LogP contribution in [0.25, 0.3) is 0 Å². The van der Waals surface area contributed by atoms with Crippen molar-refractivity contribution in [2.75, 3.05) is 18.4 Å². The monoisotopic (exact) mass is 428 g/mol. The molecule has 3 atom stereocenters. The van der Waals surface area contributed by atoms with E-state index in [-0.39, 0.29) is 24.2 Å². The molecule has 1 amide bonds. The smallest absolute Gasteiger partial charge is 0.311 e. The second-order valence-corrected chi connectivity index (χ2v) is 8.60. The molecule has 30 heavy (non-hydrogen) atoms. The van der Waals surface area contributed by atoms with Crippen LogP contribution in [0.4, 0.5) is 5.69 Å². The molecule has 0 radical (unpaired) electrons. The van der Waals surface area contributed by atoms with Crippen molar-refractivity contribution in [3.8, 4) is 0 Å². The minimum absolute atomic E-state index is 0. The first-order valence-corrected chi connectivity index (χ1v) is 10.3. The summed E-state index contributed by atoms with van der Waals surface area (Å²) in [7, 11) is 0. The third kappa shape index (κ3) is 3.96. The lowest BCUT2D eigenvalue weighted by Gasteiger charge is -2.29. The number of anilines is 1. The second kappa shape index (κ2) is 8.78. The summed E-state index contributed by atoms with van der Waals surface area (Å²) < 4.78 is 0. The van der Waals surface area contributed by atoms with Crippen LogP contribution in [0.5, 0.6) is 0 Å². The highest BCUT2D eigenvalue weighted by Crippen LogP contribution is 2.50. The van der Waals surface area contributed by atoms with Gasteiger partial charge in [-0.05, 0) is 55.4 Å². The normalized spacial score (nSPS) is 24.0. The highest BCUT2D eigenvalue weighted by Gasteiger charge is 2.56. The topological polar surface area (TPSA) is 69.6 Å². The Hall–Kier alpha value is -2.37. The van der Waals surface area contributed by atoms with E-state index in [1.54, 1.807) is 0 Å². The van der Waals surface area contributed by atoms with Crippen LogP contribution >= 0.6 is 12.4 Å². The largest absolute Gasteiger partial charge is 0.481 e. The van der Waals surface area contributed by atoms with Crippen molar-refractivity contribution in [2.45, 2.75) is 39.2 Å². The minimum Gasteiger partial charge on any atom is -0.481 e. The molecule has 0 bridgehead atoms. The van der Waals surface area contributed by atoms with Gasteiger partial charge < -0.3 is 10.4 Å². The Morgan fingerprint density at radius 3 is 2.57 bits per heavy atom. The molecule has 0 aromatic heterocycles. The number of amides is 1. The van der Waals surface area contributed by atoms with Crippen LogP contribution in [-0.4, -0.2) is 35.0 Å². The van der Waals surface area contributed by atoms with Crippen molar-refractivity contribution >= 4 is 30.0 Å². The van der Waals surface area contributed by atoms with Crippen LogP contribution in [0, 0.1) is 25.2 Å². The standard InChI is InChI=1S/C24H28N2O3.ClH/c1-16-10-11-17(2)20(13-16)25-22(27)21(18-7-4-3-5-8-18)26-14-19-9-6-12-24(19,15-26)23(28)29;/h3-5,7-8,10-11,13,19,21H,6,9,12,14-15H2,1-2H3,(H,25,27)(H,28,29);1H/t19-,21?,24+;/m0./s1. The van der Waals surface area contributed by atoms with Crippen LogP contribution in [0.2, 0.25) is 0 Å². The number of aryl methyl sites for hydroxylation is 2. The van der Waals surface area contributed by atoms with Crippen molar-refractivity contribution in [1.29, 1.82) is 0 Å². The number of carbonyl (C=O) groups is 2. The Bertz CT molecular complexity index is 933. The maximum atomic E-state index is 13.5. The summed E-state index contributed by atoms with van der Waals surface area (Å²) in [5, 5.41) is 13.1. The number of hydrogen-bond donors (Lipinski definition) is 2. The number of hydrogen-bond acceptors (Lipinski definition) is 3. The van der Waals surface area contributed by atoms with Crippen molar-refractivity contribution in [2.24, 2.45) is 11.3 Å². The zero-order valence-electron chi connectivity index (χ0n) is 17.4. The summed E-state index contributed by atoms with van der Waals surface area (Å²) in [6, 6.07) is 15.2. The summed E-state index contributed by atoms with van der Waals surface area (Å²) in [6.45, 7) is 5.05. The van der Waals surface area contributed by atoms with Gasteiger partial charge in [-0.15, -0.1) is 12.4 Å². The second-order valence-electron chi connectivity index (χ2n) is 8.60. The van der Waals surface area contributed by atoms with Crippen LogP contribution in [0.15, 0.2) is 48.5 Å². The SMILES string of the molecule is Cc1ccc(C)c(NC(=O)C(c2ccccc2)N2C[C@@H]3CCC[C@@]3(C(=O)O)C2)c1.Cl. The van der Waals surface area contributed by atoms with Gasteiger partial charge in [0.2, 0.25) is 5.91 Å². The van der Waals surface area contributed by atoms with Crippen molar-refractivity contribution in [3.63, 3.8) is 0 Å². The molecule has 1 aliphatic heterocycles. The number of nitrogens with zero attached hydrogens (tertiary/aromatic N) is 1. The fourth-order valence-electron chi connectivity index (χ4n) is 5.11. The first kappa shape index (κ1) is 22.3. The summed E-state index contributed by atoms with van der Waals surface area (Å²) >= 11 is 0. The van der Waals surface area contributed by atoms with Crippen LogP contribution in [0.1, 0.15) is 42.0 Å². The molecule has 2 aromatic carbocycles. The number of carboxylic acids is 1. The summed E-state index contributed by atoms with van der Waals surface area (Å²) in [5.74, 6) is -0.714. The van der Waals surface area contributed by atoms with E-state index in [1.165, 1.54) is 0 Å². The number of rotatable bonds is 5. The van der Waals surface area contributed by atoms with E-state index in [1.807, 2.05) is 62.4 Å². The van der Waals surface area contributed by atoms with Gasteiger partial charge >= 0.3 is 5.97 Å². The Labute approximate surface area is 183 Å². The van der Waals surface area contributed by atoms with Crippen molar-refractivity contribution < 1.29 is 14.7 Å². The summed E-state index contributed by atoms with van der Waals surface area (Å²) in [6.07, 6.45) is 2.57. The van der Waals surface area contributed by atoms with E-state index in [2.05, 4.69) is 10.2 Å². The van der Waals surface area contributed by atoms with Crippen LogP contribution < -0.4 is 5.32 Å². The molecule has 2 fully saturated rings. The van der Waals surface area contributed by atoms with Gasteiger partial charge in [0.25, 0.3) is 0 Å². The van der Waals surface area contributed by atoms with Gasteiger partial charge in [0.05, 0.1) is 5.41 Å². The summed E-state index contributed by atoms with van der Waals surface area (Å²) in [4.78, 5) is 27.7. The van der Waals surface area contributed by atoms with E-state index in [0.717, 1.165) is 35.2 Å². The first-order chi connectivity index (χ1) is 13.9. The molecule has 0 spiro atoms. The first-order valence-electron chi connectivity index (χ1n) is 10.3. The lowest BCUT2D eigenvalue weighted by Crippen LogP contribution is -2.39. The number of benzene rings is 2. The fourth-order valence-corrected chi connectivity index (χ4v) is 5.11. The molecule has 2 aromatic rings. The Morgan fingerprint density at radius 1 is 1.17 bits per heavy atom. The lowest BCUT2D eigenvalue weighted by molar-refractivity contribution is -0.149. The Kier molecular flexibility index (Phi) is 6.53. The number of halogens is 1. The fraction of sp³-hybridized carbons (Fsp3) is 0.417. The van der Waals surface area contributed by atoms with E-state index >= 15 is 0 Å². The maximum Gasteiger partial charge on any atom is 0.311 e. The number of nitrogens with one attached hydrogen (secondary N) is 1. The molecule has 160 valence electrons. The maximum absolute atomic E-state index is 13.5. The third-order valence-corrected chi connectivity index (χ3v) is 6.70. The average Bonchev–Trinajstić information content (AvgIpc) is 3.24. The number of fused-ring (bicyclic) bond motifs is 1. The molecule has 4 rings (SSSR count). The number of likely N-dealkylation sites (tertiary alicyclic amines) is 1. The van der Waals surface area contributed by atoms with Crippen molar-refractivity contribution in [1.82, 2.24) is 4.90 Å². The van der Waals surface area contributed by atoms with Gasteiger partial charge in [-0.1, -0.05) is 48.9 Å². The molecule has 6 heteroatoms. The van der Waals surface area contributed by atoms with E-state index in [4.69, 9.17) is 0 Å².